The second-order valence-corrected chi connectivity index (χ2v) is 7.33. The first kappa shape index (κ1) is 17.3. The van der Waals surface area contributed by atoms with E-state index in [-0.39, 0.29) is 12.4 Å². The van der Waals surface area contributed by atoms with Crippen LogP contribution in [0.1, 0.15) is 5.56 Å². The molecule has 0 fully saturated rings. The number of phenolic OH excluding ortho intramolecular Hbond substituents is 1. The molecule has 2 aromatic carbocycles. The average molecular weight is 550 g/mol. The number of benzene rings is 2. The minimum absolute atomic E-state index is 0.116. The smallest absolute Gasteiger partial charge is 0.284 e. The van der Waals surface area contributed by atoms with Gasteiger partial charge in [0, 0.05) is 9.13 Å². The van der Waals surface area contributed by atoms with Crippen LogP contribution in [0.15, 0.2) is 41.5 Å². The summed E-state index contributed by atoms with van der Waals surface area (Å²) >= 11 is 4.18. The number of carbonyl (C=O) groups excluding carboxylic acids is 1. The molecule has 1 amide bonds. The predicted molar refractivity (Wildman–Crippen MR) is 106 cm³/mol. The first-order valence-electron chi connectivity index (χ1n) is 6.94. The summed E-state index contributed by atoms with van der Waals surface area (Å²) in [4.78, 5) is 12.1. The average Bonchev–Trinajstić information content (AvgIpc) is 2.58. The van der Waals surface area contributed by atoms with Crippen LogP contribution in [0.3, 0.4) is 0 Å². The summed E-state index contributed by atoms with van der Waals surface area (Å²) in [5.74, 6) is 0.849. The van der Waals surface area contributed by atoms with Gasteiger partial charge in [0.2, 0.25) is 6.10 Å². The molecule has 2 N–H and O–H groups in total. The standard InChI is InChI=1S/C16H12I2N2O4/c17-10-5-9(15(21)11(18)6-10)7-19-20-16(22)14-8-23-12-3-1-2-4-13(12)24-14/h1-7,14,21H,8H2,(H,20,22)/b19-7-. The van der Waals surface area contributed by atoms with Gasteiger partial charge in [-0.2, -0.15) is 5.10 Å². The first-order chi connectivity index (χ1) is 11.5. The lowest BCUT2D eigenvalue weighted by Gasteiger charge is -2.24. The fourth-order valence-electron chi connectivity index (χ4n) is 2.07. The van der Waals surface area contributed by atoms with E-state index in [1.807, 2.05) is 40.8 Å². The molecular weight excluding hydrogens is 538 g/mol. The summed E-state index contributed by atoms with van der Waals surface area (Å²) in [6, 6.07) is 10.8. The second kappa shape index (κ2) is 7.55. The van der Waals surface area contributed by atoms with Crippen LogP contribution in [0.2, 0.25) is 0 Å². The van der Waals surface area contributed by atoms with Crippen molar-refractivity contribution < 1.29 is 19.4 Å². The van der Waals surface area contributed by atoms with Crippen LogP contribution in [0.4, 0.5) is 0 Å². The highest BCUT2D eigenvalue weighted by atomic mass is 127. The van der Waals surface area contributed by atoms with Gasteiger partial charge < -0.3 is 14.6 Å². The van der Waals surface area contributed by atoms with Crippen molar-refractivity contribution in [2.45, 2.75) is 6.10 Å². The Hall–Kier alpha value is -1.56. The van der Waals surface area contributed by atoms with E-state index in [0.717, 1.165) is 3.57 Å². The molecule has 0 saturated heterocycles. The molecule has 0 saturated carbocycles. The second-order valence-electron chi connectivity index (χ2n) is 4.92. The Morgan fingerprint density at radius 2 is 2.04 bits per heavy atom. The van der Waals surface area contributed by atoms with Gasteiger partial charge in [0.1, 0.15) is 12.4 Å². The highest BCUT2D eigenvalue weighted by molar-refractivity contribution is 14.1. The van der Waals surface area contributed by atoms with Crippen LogP contribution in [-0.2, 0) is 4.79 Å². The summed E-state index contributed by atoms with van der Waals surface area (Å²) in [5, 5.41) is 13.9. The molecule has 0 radical (unpaired) electrons. The van der Waals surface area contributed by atoms with Gasteiger partial charge in [-0.25, -0.2) is 5.43 Å². The van der Waals surface area contributed by atoms with Crippen molar-refractivity contribution in [2.24, 2.45) is 5.10 Å². The maximum Gasteiger partial charge on any atom is 0.284 e. The summed E-state index contributed by atoms with van der Waals surface area (Å²) in [7, 11) is 0. The monoisotopic (exact) mass is 550 g/mol. The normalized spacial score (nSPS) is 16.2. The Morgan fingerprint density at radius 3 is 2.83 bits per heavy atom. The van der Waals surface area contributed by atoms with Crippen molar-refractivity contribution in [1.82, 2.24) is 5.43 Å². The lowest BCUT2D eigenvalue weighted by molar-refractivity contribution is -0.130. The molecule has 0 aliphatic carbocycles. The SMILES string of the molecule is O=C(N/N=C\c1cc(I)cc(I)c1O)C1COc2ccccc2O1. The lowest BCUT2D eigenvalue weighted by Crippen LogP contribution is -2.42. The van der Waals surface area contributed by atoms with E-state index in [9.17, 15) is 9.90 Å². The third-order valence-corrected chi connectivity index (χ3v) is 4.68. The summed E-state index contributed by atoms with van der Waals surface area (Å²) < 4.78 is 12.8. The number of rotatable bonds is 3. The Bertz CT molecular complexity index is 811. The third-order valence-electron chi connectivity index (χ3n) is 3.24. The lowest BCUT2D eigenvalue weighted by atomic mass is 10.2. The summed E-state index contributed by atoms with van der Waals surface area (Å²) in [5.41, 5.74) is 2.93. The molecule has 24 heavy (non-hydrogen) atoms. The molecule has 8 heteroatoms. The van der Waals surface area contributed by atoms with Crippen LogP contribution < -0.4 is 14.9 Å². The van der Waals surface area contributed by atoms with Crippen LogP contribution in [-0.4, -0.2) is 29.9 Å². The van der Waals surface area contributed by atoms with Crippen molar-refractivity contribution >= 4 is 57.3 Å². The van der Waals surface area contributed by atoms with E-state index in [1.54, 1.807) is 18.2 Å². The van der Waals surface area contributed by atoms with E-state index < -0.39 is 12.0 Å². The molecule has 124 valence electrons. The molecule has 0 bridgehead atoms. The maximum absolute atomic E-state index is 12.1. The zero-order valence-corrected chi connectivity index (χ0v) is 16.5. The molecule has 3 rings (SSSR count). The minimum Gasteiger partial charge on any atom is -0.506 e. The molecule has 1 atom stereocenters. The fourth-order valence-corrected chi connectivity index (χ4v) is 3.96. The van der Waals surface area contributed by atoms with Gasteiger partial charge in [-0.05, 0) is 69.4 Å². The predicted octanol–water partition coefficient (Wildman–Crippen LogP) is 2.89. The molecule has 0 aromatic heterocycles. The van der Waals surface area contributed by atoms with E-state index in [2.05, 4.69) is 33.1 Å². The highest BCUT2D eigenvalue weighted by Gasteiger charge is 2.27. The Balaban J connectivity index is 1.64. The van der Waals surface area contributed by atoms with Crippen molar-refractivity contribution in [3.63, 3.8) is 0 Å². The summed E-state index contributed by atoms with van der Waals surface area (Å²) in [6.45, 7) is 0.116. The van der Waals surface area contributed by atoms with Crippen LogP contribution in [0.25, 0.3) is 0 Å². The van der Waals surface area contributed by atoms with Gasteiger partial charge in [-0.1, -0.05) is 12.1 Å². The number of phenols is 1. The van der Waals surface area contributed by atoms with E-state index in [0.29, 0.717) is 20.6 Å². The molecule has 6 nitrogen and oxygen atoms in total. The number of aromatic hydroxyl groups is 1. The van der Waals surface area contributed by atoms with Gasteiger partial charge in [0.05, 0.1) is 9.78 Å². The van der Waals surface area contributed by atoms with E-state index >= 15 is 0 Å². The molecule has 1 heterocycles. The Labute approximate surface area is 165 Å². The first-order valence-corrected chi connectivity index (χ1v) is 9.10. The number of nitrogens with zero attached hydrogens (tertiary/aromatic N) is 1. The number of halogens is 2. The minimum atomic E-state index is -0.776. The van der Waals surface area contributed by atoms with Crippen molar-refractivity contribution in [3.05, 3.63) is 49.1 Å². The van der Waals surface area contributed by atoms with Gasteiger partial charge in [-0.3, -0.25) is 4.79 Å². The number of hydrazone groups is 1. The number of ether oxygens (including phenoxy) is 2. The molecule has 2 aromatic rings. The van der Waals surface area contributed by atoms with Crippen molar-refractivity contribution in [3.8, 4) is 17.2 Å². The molecule has 1 aliphatic heterocycles. The molecule has 1 aliphatic rings. The highest BCUT2D eigenvalue weighted by Crippen LogP contribution is 2.30. The van der Waals surface area contributed by atoms with Gasteiger partial charge in [-0.15, -0.1) is 0 Å². The number of para-hydroxylation sites is 2. The van der Waals surface area contributed by atoms with E-state index in [4.69, 9.17) is 9.47 Å². The number of nitrogens with one attached hydrogen (secondary N) is 1. The van der Waals surface area contributed by atoms with Gasteiger partial charge in [0.15, 0.2) is 11.5 Å². The third kappa shape index (κ3) is 3.91. The number of fused-ring (bicyclic) bond motifs is 1. The Morgan fingerprint density at radius 1 is 1.29 bits per heavy atom. The van der Waals surface area contributed by atoms with E-state index in [1.165, 1.54) is 6.21 Å². The molecule has 0 spiro atoms. The van der Waals surface area contributed by atoms with Gasteiger partial charge in [0.25, 0.3) is 5.91 Å². The zero-order valence-electron chi connectivity index (χ0n) is 12.2. The van der Waals surface area contributed by atoms with Crippen molar-refractivity contribution in [2.75, 3.05) is 6.61 Å². The number of hydrogen-bond acceptors (Lipinski definition) is 5. The van der Waals surface area contributed by atoms with Gasteiger partial charge >= 0.3 is 0 Å². The zero-order chi connectivity index (χ0) is 17.1. The largest absolute Gasteiger partial charge is 0.506 e. The Kier molecular flexibility index (Phi) is 5.43. The van der Waals surface area contributed by atoms with Crippen LogP contribution in [0, 0.1) is 7.14 Å². The number of amides is 1. The maximum atomic E-state index is 12.1. The van der Waals surface area contributed by atoms with Crippen LogP contribution >= 0.6 is 45.2 Å². The number of hydrogen-bond donors (Lipinski definition) is 2. The quantitative estimate of drug-likeness (QED) is 0.350. The van der Waals surface area contributed by atoms with Crippen molar-refractivity contribution in [1.29, 1.82) is 0 Å². The molecular formula is C16H12I2N2O4. The number of carbonyl (C=O) groups is 1. The fraction of sp³-hybridized carbons (Fsp3) is 0.125. The molecule has 1 unspecified atom stereocenters. The topological polar surface area (TPSA) is 80.2 Å². The van der Waals surface area contributed by atoms with Crippen LogP contribution in [0.5, 0.6) is 17.2 Å². The summed E-state index contributed by atoms with van der Waals surface area (Å²) in [6.07, 6.45) is 0.622.